The maximum atomic E-state index is 6.00. The first-order chi connectivity index (χ1) is 9.58. The maximum Gasteiger partial charge on any atom is 0.183 e. The van der Waals surface area contributed by atoms with E-state index in [2.05, 4.69) is 62.7 Å². The summed E-state index contributed by atoms with van der Waals surface area (Å²) in [4.78, 5) is 2.27. The van der Waals surface area contributed by atoms with Crippen LogP contribution >= 0.6 is 31.9 Å². The SMILES string of the molecule is CCN(c1ccccc1C)C(CN)c1cc(Br)c(Br)o1. The molecule has 0 fully saturated rings. The van der Waals surface area contributed by atoms with Crippen LogP contribution in [0.2, 0.25) is 0 Å². The highest BCUT2D eigenvalue weighted by Gasteiger charge is 2.23. The van der Waals surface area contributed by atoms with Crippen molar-refractivity contribution in [1.29, 1.82) is 0 Å². The van der Waals surface area contributed by atoms with Gasteiger partial charge in [-0.1, -0.05) is 18.2 Å². The highest BCUT2D eigenvalue weighted by Crippen LogP contribution is 2.34. The highest BCUT2D eigenvalue weighted by atomic mass is 79.9. The van der Waals surface area contributed by atoms with Crippen molar-refractivity contribution in [2.75, 3.05) is 18.0 Å². The normalized spacial score (nSPS) is 12.4. The van der Waals surface area contributed by atoms with Crippen LogP contribution < -0.4 is 10.6 Å². The minimum absolute atomic E-state index is 0.0173. The molecule has 20 heavy (non-hydrogen) atoms. The fraction of sp³-hybridized carbons (Fsp3) is 0.333. The van der Waals surface area contributed by atoms with Crippen molar-refractivity contribution >= 4 is 37.5 Å². The molecule has 0 aliphatic rings. The molecule has 0 amide bonds. The summed E-state index contributed by atoms with van der Waals surface area (Å²) in [6.07, 6.45) is 0. The van der Waals surface area contributed by atoms with Gasteiger partial charge in [0.2, 0.25) is 0 Å². The van der Waals surface area contributed by atoms with Crippen molar-refractivity contribution in [2.45, 2.75) is 19.9 Å². The zero-order valence-electron chi connectivity index (χ0n) is 11.6. The number of nitrogens with two attached hydrogens (primary N) is 1. The molecule has 0 aliphatic heterocycles. The topological polar surface area (TPSA) is 42.4 Å². The summed E-state index contributed by atoms with van der Waals surface area (Å²) in [5.74, 6) is 0.858. The third-order valence-electron chi connectivity index (χ3n) is 3.36. The molecule has 2 N–H and O–H groups in total. The summed E-state index contributed by atoms with van der Waals surface area (Å²) in [5, 5.41) is 0. The van der Waals surface area contributed by atoms with Crippen molar-refractivity contribution < 1.29 is 4.42 Å². The summed E-state index contributed by atoms with van der Waals surface area (Å²) < 4.78 is 7.37. The number of rotatable bonds is 5. The van der Waals surface area contributed by atoms with E-state index >= 15 is 0 Å². The van der Waals surface area contributed by atoms with Crippen LogP contribution in [0.15, 0.2) is 43.9 Å². The first-order valence-electron chi connectivity index (χ1n) is 6.55. The van der Waals surface area contributed by atoms with E-state index in [0.29, 0.717) is 11.2 Å². The lowest BCUT2D eigenvalue weighted by Crippen LogP contribution is -2.33. The van der Waals surface area contributed by atoms with E-state index in [1.807, 2.05) is 18.2 Å². The molecule has 1 unspecified atom stereocenters. The van der Waals surface area contributed by atoms with Crippen molar-refractivity contribution in [3.8, 4) is 0 Å². The van der Waals surface area contributed by atoms with Gasteiger partial charge in [0.25, 0.3) is 0 Å². The second-order valence-electron chi connectivity index (χ2n) is 4.59. The van der Waals surface area contributed by atoms with E-state index in [4.69, 9.17) is 10.2 Å². The Morgan fingerprint density at radius 2 is 2.00 bits per heavy atom. The largest absolute Gasteiger partial charge is 0.451 e. The monoisotopic (exact) mass is 400 g/mol. The molecule has 0 spiro atoms. The van der Waals surface area contributed by atoms with Crippen LogP contribution in [0.4, 0.5) is 5.69 Å². The molecular formula is C15H18Br2N2O. The Balaban J connectivity index is 2.40. The smallest absolute Gasteiger partial charge is 0.183 e. The molecule has 0 bridgehead atoms. The van der Waals surface area contributed by atoms with Crippen LogP contribution in [0.5, 0.6) is 0 Å². The lowest BCUT2D eigenvalue weighted by molar-refractivity contribution is 0.437. The number of benzene rings is 1. The molecular weight excluding hydrogens is 384 g/mol. The van der Waals surface area contributed by atoms with Gasteiger partial charge in [0.15, 0.2) is 4.67 Å². The second kappa shape index (κ2) is 6.78. The highest BCUT2D eigenvalue weighted by molar-refractivity contribution is 9.13. The number of furan rings is 1. The third kappa shape index (κ3) is 3.10. The lowest BCUT2D eigenvalue weighted by Gasteiger charge is -2.31. The van der Waals surface area contributed by atoms with Gasteiger partial charge in [0.05, 0.1) is 10.5 Å². The van der Waals surface area contributed by atoms with Crippen LogP contribution in [0.3, 0.4) is 0 Å². The van der Waals surface area contributed by atoms with Gasteiger partial charge in [-0.15, -0.1) is 0 Å². The average molecular weight is 402 g/mol. The van der Waals surface area contributed by atoms with Gasteiger partial charge in [0, 0.05) is 18.8 Å². The van der Waals surface area contributed by atoms with Gasteiger partial charge < -0.3 is 15.1 Å². The van der Waals surface area contributed by atoms with Gasteiger partial charge in [0.1, 0.15) is 5.76 Å². The quantitative estimate of drug-likeness (QED) is 0.793. The predicted octanol–water partition coefficient (Wildman–Crippen LogP) is 4.64. The second-order valence-corrected chi connectivity index (χ2v) is 6.17. The summed E-state index contributed by atoms with van der Waals surface area (Å²) in [6, 6.07) is 10.3. The Morgan fingerprint density at radius 1 is 1.30 bits per heavy atom. The molecule has 2 rings (SSSR count). The van der Waals surface area contributed by atoms with E-state index < -0.39 is 0 Å². The molecule has 0 radical (unpaired) electrons. The fourth-order valence-electron chi connectivity index (χ4n) is 2.37. The van der Waals surface area contributed by atoms with E-state index in [9.17, 15) is 0 Å². The molecule has 2 aromatic rings. The molecule has 5 heteroatoms. The van der Waals surface area contributed by atoms with Crippen molar-refractivity contribution in [3.05, 3.63) is 50.8 Å². The zero-order chi connectivity index (χ0) is 14.7. The van der Waals surface area contributed by atoms with Crippen LogP contribution in [0.1, 0.15) is 24.3 Å². The molecule has 1 aromatic heterocycles. The van der Waals surface area contributed by atoms with E-state index in [0.717, 1.165) is 16.8 Å². The minimum atomic E-state index is 0.0173. The third-order valence-corrected chi connectivity index (χ3v) is 5.07. The Hall–Kier alpha value is -0.780. The number of hydrogen-bond acceptors (Lipinski definition) is 3. The molecule has 0 saturated carbocycles. The first-order valence-corrected chi connectivity index (χ1v) is 8.14. The number of anilines is 1. The zero-order valence-corrected chi connectivity index (χ0v) is 14.7. The fourth-order valence-corrected chi connectivity index (χ4v) is 2.98. The Morgan fingerprint density at radius 3 is 2.50 bits per heavy atom. The number of para-hydroxylation sites is 1. The molecule has 1 atom stereocenters. The van der Waals surface area contributed by atoms with Crippen LogP contribution in [0.25, 0.3) is 0 Å². The molecule has 0 saturated heterocycles. The summed E-state index contributed by atoms with van der Waals surface area (Å²) in [6.45, 7) is 5.60. The van der Waals surface area contributed by atoms with Crippen LogP contribution in [0, 0.1) is 6.92 Å². The molecule has 1 heterocycles. The molecule has 1 aromatic carbocycles. The molecule has 108 valence electrons. The van der Waals surface area contributed by atoms with Gasteiger partial charge >= 0.3 is 0 Å². The molecule has 3 nitrogen and oxygen atoms in total. The average Bonchev–Trinajstić information content (AvgIpc) is 2.76. The predicted molar refractivity (Wildman–Crippen MR) is 90.1 cm³/mol. The van der Waals surface area contributed by atoms with Crippen molar-refractivity contribution in [2.24, 2.45) is 5.73 Å². The number of hydrogen-bond donors (Lipinski definition) is 1. The van der Waals surface area contributed by atoms with Gasteiger partial charge in [-0.2, -0.15) is 0 Å². The summed E-state index contributed by atoms with van der Waals surface area (Å²) in [5.41, 5.74) is 8.42. The van der Waals surface area contributed by atoms with Crippen LogP contribution in [-0.4, -0.2) is 13.1 Å². The Kier molecular flexibility index (Phi) is 5.29. The van der Waals surface area contributed by atoms with E-state index in [1.54, 1.807) is 0 Å². The number of likely N-dealkylation sites (N-methyl/N-ethyl adjacent to an activating group) is 1. The van der Waals surface area contributed by atoms with Crippen LogP contribution in [-0.2, 0) is 0 Å². The number of nitrogens with zero attached hydrogens (tertiary/aromatic N) is 1. The maximum absolute atomic E-state index is 6.00. The van der Waals surface area contributed by atoms with Gasteiger partial charge in [-0.3, -0.25) is 0 Å². The summed E-state index contributed by atoms with van der Waals surface area (Å²) >= 11 is 6.84. The van der Waals surface area contributed by atoms with E-state index in [1.165, 1.54) is 11.3 Å². The standard InChI is InChI=1S/C15H18Br2N2O/c1-3-19(12-7-5-4-6-10(12)2)13(9-18)14-8-11(16)15(17)20-14/h4-8,13H,3,9,18H2,1-2H3. The van der Waals surface area contributed by atoms with Gasteiger partial charge in [-0.25, -0.2) is 0 Å². The number of aryl methyl sites for hydroxylation is 1. The lowest BCUT2D eigenvalue weighted by atomic mass is 10.1. The van der Waals surface area contributed by atoms with Crippen molar-refractivity contribution in [3.63, 3.8) is 0 Å². The van der Waals surface area contributed by atoms with Crippen molar-refractivity contribution in [1.82, 2.24) is 0 Å². The summed E-state index contributed by atoms with van der Waals surface area (Å²) in [7, 11) is 0. The molecule has 0 aliphatic carbocycles. The van der Waals surface area contributed by atoms with Gasteiger partial charge in [-0.05, 0) is 63.4 Å². The Bertz CT molecular complexity index is 564. The Labute approximate surface area is 136 Å². The number of halogens is 2. The van der Waals surface area contributed by atoms with E-state index in [-0.39, 0.29) is 6.04 Å². The minimum Gasteiger partial charge on any atom is -0.451 e. The first kappa shape index (κ1) is 15.6.